The van der Waals surface area contributed by atoms with Gasteiger partial charge in [0.1, 0.15) is 48.5 Å². The number of ketones is 1. The number of rotatable bonds is 7. The Morgan fingerprint density at radius 3 is 2.16 bits per heavy atom. The quantitative estimate of drug-likeness (QED) is 0.253. The van der Waals surface area contributed by atoms with E-state index in [1.165, 1.54) is 13.0 Å². The van der Waals surface area contributed by atoms with Crippen LogP contribution in [0.3, 0.4) is 0 Å². The van der Waals surface area contributed by atoms with Gasteiger partial charge in [0, 0.05) is 0 Å². The SMILES string of the molecule is CC(=O)c1c(C)cccc1O[C@@H]1O[C@H](CO[C@@H]2O[C@@H](CO)[C@H](O)[C@H]2O)[C@@H](O)[C@H](O)[C@H]1O. The van der Waals surface area contributed by atoms with Gasteiger partial charge < -0.3 is 49.6 Å². The Morgan fingerprint density at radius 1 is 0.935 bits per heavy atom. The van der Waals surface area contributed by atoms with Crippen molar-refractivity contribution < 1.29 is 54.4 Å². The molecule has 0 bridgehead atoms. The average molecular weight is 444 g/mol. The number of Topliss-reactive ketones (excluding diaryl/α,β-unsaturated/α-hetero) is 1. The van der Waals surface area contributed by atoms with Crippen LogP contribution in [0.15, 0.2) is 18.2 Å². The number of hydrogen-bond acceptors (Lipinski definition) is 11. The number of benzene rings is 1. The summed E-state index contributed by atoms with van der Waals surface area (Å²) in [6, 6.07) is 4.89. The zero-order chi connectivity index (χ0) is 22.9. The van der Waals surface area contributed by atoms with Crippen LogP contribution in [0.2, 0.25) is 0 Å². The molecule has 1 aromatic carbocycles. The van der Waals surface area contributed by atoms with Crippen LogP contribution in [0.1, 0.15) is 22.8 Å². The molecule has 2 saturated heterocycles. The molecule has 0 aromatic heterocycles. The summed E-state index contributed by atoms with van der Waals surface area (Å²) < 4.78 is 21.8. The van der Waals surface area contributed by atoms with Gasteiger partial charge in [-0.25, -0.2) is 0 Å². The standard InChI is InChI=1S/C20H28O11/c1-8-4-3-5-10(13(8)9(2)22)29-20-18(27)16(25)15(24)12(31-20)7-28-19-17(26)14(23)11(6-21)30-19/h3-5,11-12,14-21,23-27H,6-7H2,1-2H3/t11-,12+,14-,15+,16-,17+,18+,19+,20+/m0/s1. The van der Waals surface area contributed by atoms with Crippen LogP contribution >= 0.6 is 0 Å². The molecule has 0 saturated carbocycles. The molecule has 2 aliphatic rings. The van der Waals surface area contributed by atoms with Gasteiger partial charge >= 0.3 is 0 Å². The van der Waals surface area contributed by atoms with Crippen molar-refractivity contribution in [3.63, 3.8) is 0 Å². The second-order valence-electron chi connectivity index (χ2n) is 7.68. The second-order valence-corrected chi connectivity index (χ2v) is 7.68. The third-order valence-electron chi connectivity index (χ3n) is 5.42. The molecule has 3 rings (SSSR count). The highest BCUT2D eigenvalue weighted by Gasteiger charge is 2.47. The summed E-state index contributed by atoms with van der Waals surface area (Å²) in [5, 5.41) is 59.6. The predicted octanol–water partition coefficient (Wildman–Crippen LogP) is -2.16. The molecule has 0 aliphatic carbocycles. The lowest BCUT2D eigenvalue weighted by molar-refractivity contribution is -0.290. The lowest BCUT2D eigenvalue weighted by atomic mass is 9.99. The van der Waals surface area contributed by atoms with Crippen molar-refractivity contribution in [1.82, 2.24) is 0 Å². The topological polar surface area (TPSA) is 175 Å². The molecule has 2 heterocycles. The fourth-order valence-electron chi connectivity index (χ4n) is 3.66. The number of aliphatic hydroxyl groups is 6. The van der Waals surface area contributed by atoms with E-state index in [1.807, 2.05) is 0 Å². The smallest absolute Gasteiger partial charge is 0.229 e. The van der Waals surface area contributed by atoms with Crippen molar-refractivity contribution in [2.75, 3.05) is 13.2 Å². The average Bonchev–Trinajstić information content (AvgIpc) is 3.00. The minimum atomic E-state index is -1.65. The van der Waals surface area contributed by atoms with Gasteiger partial charge in [-0.2, -0.15) is 0 Å². The first-order valence-corrected chi connectivity index (χ1v) is 9.86. The first-order valence-electron chi connectivity index (χ1n) is 9.86. The highest BCUT2D eigenvalue weighted by Crippen LogP contribution is 2.29. The Hall–Kier alpha value is -1.67. The zero-order valence-corrected chi connectivity index (χ0v) is 17.1. The molecule has 11 heteroatoms. The lowest BCUT2D eigenvalue weighted by Gasteiger charge is -2.40. The number of carbonyl (C=O) groups excluding carboxylic acids is 1. The summed E-state index contributed by atoms with van der Waals surface area (Å²) in [5.41, 5.74) is 0.943. The van der Waals surface area contributed by atoms with Crippen LogP contribution in [0.4, 0.5) is 0 Å². The molecule has 0 spiro atoms. The van der Waals surface area contributed by atoms with Crippen molar-refractivity contribution in [1.29, 1.82) is 0 Å². The fraction of sp³-hybridized carbons (Fsp3) is 0.650. The van der Waals surface area contributed by atoms with Crippen LogP contribution in [0, 0.1) is 6.92 Å². The molecule has 2 fully saturated rings. The molecule has 0 radical (unpaired) electrons. The summed E-state index contributed by atoms with van der Waals surface area (Å²) in [7, 11) is 0. The lowest BCUT2D eigenvalue weighted by Crippen LogP contribution is -2.60. The normalized spacial score (nSPS) is 38.3. The maximum absolute atomic E-state index is 12.0. The largest absolute Gasteiger partial charge is 0.461 e. The molecule has 174 valence electrons. The monoisotopic (exact) mass is 444 g/mol. The van der Waals surface area contributed by atoms with Gasteiger partial charge in [-0.15, -0.1) is 0 Å². The van der Waals surface area contributed by atoms with E-state index in [2.05, 4.69) is 0 Å². The molecular formula is C20H28O11. The van der Waals surface area contributed by atoms with Gasteiger partial charge in [-0.05, 0) is 25.5 Å². The maximum atomic E-state index is 12.0. The zero-order valence-electron chi connectivity index (χ0n) is 17.1. The van der Waals surface area contributed by atoms with E-state index in [4.69, 9.17) is 24.1 Å². The van der Waals surface area contributed by atoms with Crippen molar-refractivity contribution >= 4 is 5.78 Å². The summed E-state index contributed by atoms with van der Waals surface area (Å²) in [6.07, 6.45) is -12.6. The van der Waals surface area contributed by atoms with Gasteiger partial charge in [0.05, 0.1) is 18.8 Å². The Bertz CT molecular complexity index is 771. The van der Waals surface area contributed by atoms with E-state index in [0.717, 1.165) is 0 Å². The molecule has 2 aliphatic heterocycles. The van der Waals surface area contributed by atoms with Crippen molar-refractivity contribution in [3.8, 4) is 5.75 Å². The van der Waals surface area contributed by atoms with E-state index in [-0.39, 0.29) is 11.5 Å². The minimum absolute atomic E-state index is 0.142. The molecule has 31 heavy (non-hydrogen) atoms. The Balaban J connectivity index is 1.70. The van der Waals surface area contributed by atoms with Crippen molar-refractivity contribution in [2.45, 2.75) is 69.2 Å². The number of ether oxygens (including phenoxy) is 4. The Kier molecular flexibility index (Phi) is 7.63. The van der Waals surface area contributed by atoms with Crippen LogP contribution < -0.4 is 4.74 Å². The predicted molar refractivity (Wildman–Crippen MR) is 102 cm³/mol. The van der Waals surface area contributed by atoms with E-state index in [0.29, 0.717) is 11.1 Å². The van der Waals surface area contributed by atoms with Crippen molar-refractivity contribution in [2.24, 2.45) is 0 Å². The van der Waals surface area contributed by atoms with Crippen LogP contribution in [-0.2, 0) is 14.2 Å². The van der Waals surface area contributed by atoms with Gasteiger partial charge in [0.2, 0.25) is 6.29 Å². The number of aliphatic hydroxyl groups excluding tert-OH is 6. The summed E-state index contributed by atoms with van der Waals surface area (Å²) in [5.74, 6) is -0.119. The Morgan fingerprint density at radius 2 is 1.55 bits per heavy atom. The summed E-state index contributed by atoms with van der Waals surface area (Å²) >= 11 is 0. The first-order chi connectivity index (χ1) is 14.6. The van der Waals surface area contributed by atoms with Gasteiger partial charge in [0.25, 0.3) is 0 Å². The minimum Gasteiger partial charge on any atom is -0.461 e. The third-order valence-corrected chi connectivity index (χ3v) is 5.42. The second kappa shape index (κ2) is 9.86. The third kappa shape index (κ3) is 4.90. The maximum Gasteiger partial charge on any atom is 0.229 e. The van der Waals surface area contributed by atoms with Crippen LogP contribution in [-0.4, -0.2) is 105 Å². The highest BCUT2D eigenvalue weighted by molar-refractivity contribution is 5.98. The van der Waals surface area contributed by atoms with Crippen LogP contribution in [0.25, 0.3) is 0 Å². The van der Waals surface area contributed by atoms with Gasteiger partial charge in [-0.3, -0.25) is 4.79 Å². The summed E-state index contributed by atoms with van der Waals surface area (Å²) in [6.45, 7) is 2.16. The van der Waals surface area contributed by atoms with Crippen molar-refractivity contribution in [3.05, 3.63) is 29.3 Å². The number of aryl methyl sites for hydroxylation is 1. The van der Waals surface area contributed by atoms with E-state index < -0.39 is 68.5 Å². The van der Waals surface area contributed by atoms with E-state index >= 15 is 0 Å². The van der Waals surface area contributed by atoms with Gasteiger partial charge in [0.15, 0.2) is 12.1 Å². The number of hydrogen-bond donors (Lipinski definition) is 6. The van der Waals surface area contributed by atoms with Gasteiger partial charge in [-0.1, -0.05) is 12.1 Å². The molecule has 0 amide bonds. The van der Waals surface area contributed by atoms with E-state index in [1.54, 1.807) is 19.1 Å². The number of carbonyl (C=O) groups is 1. The molecule has 1 aromatic rings. The molecule has 9 atom stereocenters. The fourth-order valence-corrected chi connectivity index (χ4v) is 3.66. The molecular weight excluding hydrogens is 416 g/mol. The highest BCUT2D eigenvalue weighted by atomic mass is 16.7. The molecule has 0 unspecified atom stereocenters. The van der Waals surface area contributed by atoms with Crippen LogP contribution in [0.5, 0.6) is 5.75 Å². The van der Waals surface area contributed by atoms with E-state index in [9.17, 15) is 30.3 Å². The molecule has 11 nitrogen and oxygen atoms in total. The molecule has 6 N–H and O–H groups in total. The summed E-state index contributed by atoms with van der Waals surface area (Å²) in [4.78, 5) is 12.0. The Labute approximate surface area is 178 Å². The first kappa shape index (κ1) is 24.0.